The van der Waals surface area contributed by atoms with Crippen LogP contribution < -0.4 is 10.1 Å². The number of hydrogen-bond acceptors (Lipinski definition) is 6. The molecule has 1 unspecified atom stereocenters. The van der Waals surface area contributed by atoms with E-state index in [9.17, 15) is 10.1 Å². The Morgan fingerprint density at radius 1 is 1.47 bits per heavy atom. The summed E-state index contributed by atoms with van der Waals surface area (Å²) < 4.78 is 4.94. The van der Waals surface area contributed by atoms with Gasteiger partial charge in [-0.05, 0) is 13.0 Å². The maximum Gasteiger partial charge on any atom is 0.352 e. The van der Waals surface area contributed by atoms with Gasteiger partial charge in [0.15, 0.2) is 0 Å². The Labute approximate surface area is 112 Å². The van der Waals surface area contributed by atoms with Crippen LogP contribution in [0.3, 0.4) is 0 Å². The van der Waals surface area contributed by atoms with Gasteiger partial charge in [0.05, 0.1) is 12.0 Å². The van der Waals surface area contributed by atoms with Crippen molar-refractivity contribution in [1.82, 2.24) is 15.3 Å². The van der Waals surface area contributed by atoms with Gasteiger partial charge in [-0.3, -0.25) is 10.1 Å². The summed E-state index contributed by atoms with van der Waals surface area (Å²) in [6, 6.07) is 0.174. The van der Waals surface area contributed by atoms with Crippen molar-refractivity contribution in [2.24, 2.45) is 0 Å². The zero-order chi connectivity index (χ0) is 14.3. The van der Waals surface area contributed by atoms with E-state index in [2.05, 4.69) is 22.2 Å². The molecule has 0 saturated heterocycles. The molecule has 0 aliphatic heterocycles. The third kappa shape index (κ3) is 4.13. The topological polar surface area (TPSA) is 90.2 Å². The zero-order valence-corrected chi connectivity index (χ0v) is 11.5. The number of aromatic nitrogens is 2. The van der Waals surface area contributed by atoms with Crippen LogP contribution in [0.1, 0.15) is 32.4 Å². The molecule has 1 heterocycles. The highest BCUT2D eigenvalue weighted by Crippen LogP contribution is 2.27. The summed E-state index contributed by atoms with van der Waals surface area (Å²) in [4.78, 5) is 18.5. The van der Waals surface area contributed by atoms with Crippen molar-refractivity contribution in [2.75, 3.05) is 13.7 Å². The van der Waals surface area contributed by atoms with E-state index in [-0.39, 0.29) is 17.6 Å². The van der Waals surface area contributed by atoms with Gasteiger partial charge in [-0.2, -0.15) is 4.98 Å². The number of rotatable bonds is 8. The van der Waals surface area contributed by atoms with Crippen molar-refractivity contribution in [3.8, 4) is 5.88 Å². The van der Waals surface area contributed by atoms with Crippen LogP contribution in [0.5, 0.6) is 5.88 Å². The van der Waals surface area contributed by atoms with Gasteiger partial charge in [0.2, 0.25) is 0 Å². The van der Waals surface area contributed by atoms with Gasteiger partial charge in [0, 0.05) is 12.5 Å². The second-order valence-corrected chi connectivity index (χ2v) is 4.18. The molecule has 0 amide bonds. The van der Waals surface area contributed by atoms with Crippen LogP contribution in [-0.2, 0) is 6.42 Å². The smallest absolute Gasteiger partial charge is 0.352 e. The Hall–Kier alpha value is -1.76. The molecule has 7 nitrogen and oxygen atoms in total. The Morgan fingerprint density at radius 3 is 2.74 bits per heavy atom. The minimum Gasteiger partial charge on any atom is -0.476 e. The van der Waals surface area contributed by atoms with E-state index >= 15 is 0 Å². The number of hydrogen-bond donors (Lipinski definition) is 1. The van der Waals surface area contributed by atoms with Gasteiger partial charge in [0.1, 0.15) is 12.0 Å². The number of methoxy groups -OCH3 is 1. The number of ether oxygens (including phenoxy) is 1. The van der Waals surface area contributed by atoms with Crippen LogP contribution in [0.25, 0.3) is 0 Å². The lowest BCUT2D eigenvalue weighted by Gasteiger charge is -2.16. The van der Waals surface area contributed by atoms with Gasteiger partial charge in [0.25, 0.3) is 5.88 Å². The fourth-order valence-corrected chi connectivity index (χ4v) is 2.03. The summed E-state index contributed by atoms with van der Waals surface area (Å²) in [6.07, 6.45) is 3.75. The predicted molar refractivity (Wildman–Crippen MR) is 71.3 cm³/mol. The van der Waals surface area contributed by atoms with Gasteiger partial charge in [-0.15, -0.1) is 0 Å². The van der Waals surface area contributed by atoms with Crippen LogP contribution in [0.4, 0.5) is 5.69 Å². The Morgan fingerprint density at radius 2 is 2.21 bits per heavy atom. The van der Waals surface area contributed by atoms with Crippen molar-refractivity contribution in [3.05, 3.63) is 22.1 Å². The molecule has 0 aliphatic carbocycles. The van der Waals surface area contributed by atoms with Crippen LogP contribution >= 0.6 is 0 Å². The fourth-order valence-electron chi connectivity index (χ4n) is 2.03. The molecule has 1 N–H and O–H groups in total. The first kappa shape index (κ1) is 15.3. The monoisotopic (exact) mass is 268 g/mol. The van der Waals surface area contributed by atoms with Gasteiger partial charge < -0.3 is 10.1 Å². The molecule has 106 valence electrons. The van der Waals surface area contributed by atoms with Crippen molar-refractivity contribution in [1.29, 1.82) is 0 Å². The maximum absolute atomic E-state index is 11.1. The van der Waals surface area contributed by atoms with E-state index in [1.54, 1.807) is 0 Å². The fraction of sp³-hybridized carbons (Fsp3) is 0.667. The summed E-state index contributed by atoms with van der Waals surface area (Å²) in [5.41, 5.74) is 0.278. The third-order valence-corrected chi connectivity index (χ3v) is 2.81. The molecule has 0 bridgehead atoms. The molecular weight excluding hydrogens is 248 g/mol. The summed E-state index contributed by atoms with van der Waals surface area (Å²) in [5.74, 6) is 0.0155. The number of nitrogens with one attached hydrogen (secondary N) is 1. The van der Waals surface area contributed by atoms with E-state index in [0.29, 0.717) is 12.1 Å². The standard InChI is InChI=1S/C12H20N4O3/c1-4-6-9(13-5-2)7-10-11(16(17)18)12(19-3)15-8-14-10/h8-9,13H,4-7H2,1-3H3. The molecule has 0 fully saturated rings. The minimum atomic E-state index is -0.483. The Bertz CT molecular complexity index is 419. The van der Waals surface area contributed by atoms with Gasteiger partial charge in [-0.25, -0.2) is 4.98 Å². The van der Waals surface area contributed by atoms with Crippen molar-refractivity contribution >= 4 is 5.69 Å². The van der Waals surface area contributed by atoms with Gasteiger partial charge in [-0.1, -0.05) is 20.3 Å². The van der Waals surface area contributed by atoms with Crippen LogP contribution in [0.15, 0.2) is 6.33 Å². The van der Waals surface area contributed by atoms with Crippen molar-refractivity contribution in [3.63, 3.8) is 0 Å². The molecule has 0 radical (unpaired) electrons. The largest absolute Gasteiger partial charge is 0.476 e. The average molecular weight is 268 g/mol. The quantitative estimate of drug-likeness (QED) is 0.570. The lowest BCUT2D eigenvalue weighted by atomic mass is 10.1. The normalized spacial score (nSPS) is 12.2. The van der Waals surface area contributed by atoms with E-state index in [1.807, 2.05) is 6.92 Å². The lowest BCUT2D eigenvalue weighted by molar-refractivity contribution is -0.387. The first-order valence-electron chi connectivity index (χ1n) is 6.39. The second kappa shape index (κ2) is 7.63. The minimum absolute atomic E-state index is 0.0155. The molecule has 1 rings (SSSR count). The van der Waals surface area contributed by atoms with Crippen LogP contribution in [0, 0.1) is 10.1 Å². The first-order valence-corrected chi connectivity index (χ1v) is 6.39. The third-order valence-electron chi connectivity index (χ3n) is 2.81. The highest BCUT2D eigenvalue weighted by molar-refractivity contribution is 5.44. The number of likely N-dealkylation sites (N-methyl/N-ethyl adjacent to an activating group) is 1. The molecule has 0 spiro atoms. The predicted octanol–water partition coefficient (Wildman–Crippen LogP) is 1.71. The molecule has 1 aromatic heterocycles. The molecule has 0 aromatic carbocycles. The van der Waals surface area contributed by atoms with E-state index < -0.39 is 4.92 Å². The molecule has 1 aromatic rings. The lowest BCUT2D eigenvalue weighted by Crippen LogP contribution is -2.31. The molecule has 1 atom stereocenters. The molecule has 0 aliphatic rings. The highest BCUT2D eigenvalue weighted by atomic mass is 16.6. The molecule has 19 heavy (non-hydrogen) atoms. The number of nitrogens with zero attached hydrogens (tertiary/aromatic N) is 3. The first-order chi connectivity index (χ1) is 9.13. The average Bonchev–Trinajstić information content (AvgIpc) is 2.38. The van der Waals surface area contributed by atoms with Crippen LogP contribution in [-0.4, -0.2) is 34.6 Å². The zero-order valence-electron chi connectivity index (χ0n) is 11.5. The van der Waals surface area contributed by atoms with Crippen molar-refractivity contribution in [2.45, 2.75) is 39.2 Å². The summed E-state index contributed by atoms with van der Waals surface area (Å²) in [7, 11) is 1.37. The molecular formula is C12H20N4O3. The Balaban J connectivity index is 3.01. The maximum atomic E-state index is 11.1. The molecule has 7 heteroatoms. The highest BCUT2D eigenvalue weighted by Gasteiger charge is 2.25. The summed E-state index contributed by atoms with van der Waals surface area (Å²) in [5, 5.41) is 14.4. The van der Waals surface area contributed by atoms with E-state index in [0.717, 1.165) is 19.4 Å². The summed E-state index contributed by atoms with van der Waals surface area (Å²) in [6.45, 7) is 4.91. The Kier molecular flexibility index (Phi) is 6.14. The number of nitro groups is 1. The second-order valence-electron chi connectivity index (χ2n) is 4.18. The van der Waals surface area contributed by atoms with Crippen molar-refractivity contribution < 1.29 is 9.66 Å². The summed E-state index contributed by atoms with van der Waals surface area (Å²) >= 11 is 0. The SMILES string of the molecule is CCCC(Cc1ncnc(OC)c1[N+](=O)[O-])NCC. The van der Waals surface area contributed by atoms with Gasteiger partial charge >= 0.3 is 5.69 Å². The van der Waals surface area contributed by atoms with Crippen LogP contribution in [0.2, 0.25) is 0 Å². The van der Waals surface area contributed by atoms with E-state index in [1.165, 1.54) is 13.4 Å². The van der Waals surface area contributed by atoms with E-state index in [4.69, 9.17) is 4.74 Å². The molecule has 0 saturated carbocycles.